The fourth-order valence-corrected chi connectivity index (χ4v) is 3.27. The van der Waals surface area contributed by atoms with Crippen LogP contribution in [0.15, 0.2) is 42.7 Å². The van der Waals surface area contributed by atoms with Gasteiger partial charge in [0.2, 0.25) is 0 Å². The molecule has 2 aromatic rings. The van der Waals surface area contributed by atoms with Crippen LogP contribution < -0.4 is 5.32 Å². The van der Waals surface area contributed by atoms with Crippen molar-refractivity contribution < 1.29 is 9.53 Å². The molecule has 1 aromatic carbocycles. The highest BCUT2D eigenvalue weighted by molar-refractivity contribution is 5.74. The second-order valence-electron chi connectivity index (χ2n) is 6.42. The van der Waals surface area contributed by atoms with Crippen LogP contribution in [-0.4, -0.2) is 53.8 Å². The molecule has 0 unspecified atom stereocenters. The predicted molar refractivity (Wildman–Crippen MR) is 97.2 cm³/mol. The maximum atomic E-state index is 12.1. The van der Waals surface area contributed by atoms with Gasteiger partial charge in [0.1, 0.15) is 5.82 Å². The van der Waals surface area contributed by atoms with Crippen LogP contribution in [0.4, 0.5) is 4.79 Å². The Kier molecular flexibility index (Phi) is 6.06. The highest BCUT2D eigenvalue weighted by Gasteiger charge is 2.23. The maximum absolute atomic E-state index is 12.1. The number of likely N-dealkylation sites (tertiary alicyclic amines) is 1. The third-order valence-electron chi connectivity index (χ3n) is 4.69. The molecule has 0 atom stereocenters. The number of methoxy groups -OCH3 is 1. The largest absolute Gasteiger partial charge is 0.383 e. The number of amides is 2. The summed E-state index contributed by atoms with van der Waals surface area (Å²) >= 11 is 0. The third-order valence-corrected chi connectivity index (χ3v) is 4.69. The fraction of sp³-hybridized carbons (Fsp3) is 0.474. The summed E-state index contributed by atoms with van der Waals surface area (Å²) in [5.41, 5.74) is 1.14. The Morgan fingerprint density at radius 1 is 1.28 bits per heavy atom. The van der Waals surface area contributed by atoms with Crippen LogP contribution in [0, 0.1) is 5.92 Å². The molecule has 0 saturated carbocycles. The van der Waals surface area contributed by atoms with E-state index in [2.05, 4.69) is 27.0 Å². The molecule has 2 heterocycles. The molecule has 134 valence electrons. The van der Waals surface area contributed by atoms with E-state index in [4.69, 9.17) is 4.74 Å². The Labute approximate surface area is 148 Å². The third kappa shape index (κ3) is 4.60. The van der Waals surface area contributed by atoms with Crippen LogP contribution in [0.2, 0.25) is 0 Å². The van der Waals surface area contributed by atoms with Gasteiger partial charge >= 0.3 is 6.03 Å². The number of carbonyl (C=O) groups is 1. The Morgan fingerprint density at radius 2 is 2.04 bits per heavy atom. The van der Waals surface area contributed by atoms with Gasteiger partial charge in [-0.15, -0.1) is 0 Å². The molecular weight excluding hydrogens is 316 g/mol. The maximum Gasteiger partial charge on any atom is 0.317 e. The first kappa shape index (κ1) is 17.5. The number of rotatable bonds is 6. The van der Waals surface area contributed by atoms with E-state index in [0.717, 1.165) is 43.9 Å². The Hall–Kier alpha value is -2.34. The molecule has 6 heteroatoms. The van der Waals surface area contributed by atoms with Crippen LogP contribution in [0.5, 0.6) is 0 Å². The van der Waals surface area contributed by atoms with Crippen molar-refractivity contribution in [2.45, 2.75) is 19.4 Å². The quantitative estimate of drug-likeness (QED) is 0.821. The number of urea groups is 1. The SMILES string of the molecule is COCCNC(=O)N1CCC(Cn2ccnc2-c2ccccc2)CC1. The molecule has 6 nitrogen and oxygen atoms in total. The minimum atomic E-state index is 0.0168. The monoisotopic (exact) mass is 342 g/mol. The molecule has 3 rings (SSSR count). The molecule has 1 aliphatic rings. The second-order valence-corrected chi connectivity index (χ2v) is 6.42. The molecule has 1 fully saturated rings. The summed E-state index contributed by atoms with van der Waals surface area (Å²) in [6.07, 6.45) is 5.95. The lowest BCUT2D eigenvalue weighted by molar-refractivity contribution is 0.158. The van der Waals surface area contributed by atoms with Crippen LogP contribution >= 0.6 is 0 Å². The van der Waals surface area contributed by atoms with Crippen molar-refractivity contribution in [3.63, 3.8) is 0 Å². The van der Waals surface area contributed by atoms with Gasteiger partial charge in [0.15, 0.2) is 0 Å². The minimum absolute atomic E-state index is 0.0168. The fourth-order valence-electron chi connectivity index (χ4n) is 3.27. The molecule has 1 aromatic heterocycles. The predicted octanol–water partition coefficient (Wildman–Crippen LogP) is 2.62. The van der Waals surface area contributed by atoms with Gasteiger partial charge in [-0.3, -0.25) is 0 Å². The van der Waals surface area contributed by atoms with Crippen LogP contribution in [-0.2, 0) is 11.3 Å². The van der Waals surface area contributed by atoms with Crippen molar-refractivity contribution in [3.8, 4) is 11.4 Å². The van der Waals surface area contributed by atoms with E-state index in [1.54, 1.807) is 7.11 Å². The Bertz CT molecular complexity index is 663. The first-order chi connectivity index (χ1) is 12.3. The van der Waals surface area contributed by atoms with E-state index in [1.807, 2.05) is 35.5 Å². The van der Waals surface area contributed by atoms with Crippen molar-refractivity contribution in [1.82, 2.24) is 19.8 Å². The molecule has 0 radical (unpaired) electrons. The number of benzene rings is 1. The molecular formula is C19H26N4O2. The van der Waals surface area contributed by atoms with Crippen molar-refractivity contribution in [3.05, 3.63) is 42.7 Å². The first-order valence-electron chi connectivity index (χ1n) is 8.86. The highest BCUT2D eigenvalue weighted by Crippen LogP contribution is 2.23. The smallest absolute Gasteiger partial charge is 0.317 e. The van der Waals surface area contributed by atoms with E-state index in [1.165, 1.54) is 0 Å². The lowest BCUT2D eigenvalue weighted by Crippen LogP contribution is -2.45. The number of carbonyl (C=O) groups excluding carboxylic acids is 1. The van der Waals surface area contributed by atoms with Crippen LogP contribution in [0.3, 0.4) is 0 Å². The number of hydrogen-bond donors (Lipinski definition) is 1. The molecule has 1 saturated heterocycles. The second kappa shape index (κ2) is 8.67. The van der Waals surface area contributed by atoms with E-state index in [0.29, 0.717) is 19.1 Å². The number of piperidine rings is 1. The molecule has 0 aliphatic carbocycles. The molecule has 25 heavy (non-hydrogen) atoms. The molecule has 2 amide bonds. The van der Waals surface area contributed by atoms with Gasteiger partial charge in [-0.25, -0.2) is 9.78 Å². The van der Waals surface area contributed by atoms with Crippen molar-refractivity contribution in [2.24, 2.45) is 5.92 Å². The summed E-state index contributed by atoms with van der Waals surface area (Å²) in [7, 11) is 1.64. The lowest BCUT2D eigenvalue weighted by atomic mass is 9.97. The number of nitrogens with zero attached hydrogens (tertiary/aromatic N) is 3. The lowest BCUT2D eigenvalue weighted by Gasteiger charge is -2.32. The van der Waals surface area contributed by atoms with Crippen molar-refractivity contribution in [2.75, 3.05) is 33.4 Å². The first-order valence-corrected chi connectivity index (χ1v) is 8.86. The summed E-state index contributed by atoms with van der Waals surface area (Å²) in [6, 6.07) is 10.3. The molecule has 1 N–H and O–H groups in total. The normalized spacial score (nSPS) is 15.3. The van der Waals surface area contributed by atoms with Gasteiger partial charge in [-0.1, -0.05) is 30.3 Å². The summed E-state index contributed by atoms with van der Waals surface area (Å²) in [5.74, 6) is 1.58. The van der Waals surface area contributed by atoms with Crippen molar-refractivity contribution >= 4 is 6.03 Å². The number of aromatic nitrogens is 2. The van der Waals surface area contributed by atoms with E-state index in [9.17, 15) is 4.79 Å². The summed E-state index contributed by atoms with van der Waals surface area (Å²) < 4.78 is 7.19. The van der Waals surface area contributed by atoms with Gasteiger partial charge in [0.05, 0.1) is 6.61 Å². The average molecular weight is 342 g/mol. The van der Waals surface area contributed by atoms with Gasteiger partial charge in [0, 0.05) is 51.2 Å². The number of hydrogen-bond acceptors (Lipinski definition) is 3. The van der Waals surface area contributed by atoms with Gasteiger partial charge in [-0.05, 0) is 18.8 Å². The van der Waals surface area contributed by atoms with Gasteiger partial charge < -0.3 is 19.5 Å². The average Bonchev–Trinajstić information content (AvgIpc) is 3.11. The minimum Gasteiger partial charge on any atom is -0.383 e. The molecule has 0 spiro atoms. The van der Waals surface area contributed by atoms with Crippen LogP contribution in [0.25, 0.3) is 11.4 Å². The summed E-state index contributed by atoms with van der Waals surface area (Å²) in [4.78, 5) is 18.5. The number of ether oxygens (including phenoxy) is 1. The van der Waals surface area contributed by atoms with Crippen molar-refractivity contribution in [1.29, 1.82) is 0 Å². The topological polar surface area (TPSA) is 59.4 Å². The zero-order valence-electron chi connectivity index (χ0n) is 14.7. The van der Waals surface area contributed by atoms with E-state index >= 15 is 0 Å². The standard InChI is InChI=1S/C19H26N4O2/c1-25-14-10-21-19(24)22-11-7-16(8-12-22)15-23-13-9-20-18(23)17-5-3-2-4-6-17/h2-6,9,13,16H,7-8,10-12,14-15H2,1H3,(H,21,24). The van der Waals surface area contributed by atoms with Gasteiger partial charge in [0.25, 0.3) is 0 Å². The summed E-state index contributed by atoms with van der Waals surface area (Å²) in [5, 5.41) is 2.89. The van der Waals surface area contributed by atoms with Gasteiger partial charge in [-0.2, -0.15) is 0 Å². The molecule has 0 bridgehead atoms. The number of imidazole rings is 1. The van der Waals surface area contributed by atoms with E-state index < -0.39 is 0 Å². The zero-order chi connectivity index (χ0) is 17.5. The zero-order valence-corrected chi connectivity index (χ0v) is 14.7. The summed E-state index contributed by atoms with van der Waals surface area (Å²) in [6.45, 7) is 3.66. The van der Waals surface area contributed by atoms with Crippen LogP contribution in [0.1, 0.15) is 12.8 Å². The highest BCUT2D eigenvalue weighted by atomic mass is 16.5. The molecule has 1 aliphatic heterocycles. The van der Waals surface area contributed by atoms with E-state index in [-0.39, 0.29) is 6.03 Å². The Morgan fingerprint density at radius 3 is 2.76 bits per heavy atom. The Balaban J connectivity index is 1.52. The number of nitrogens with one attached hydrogen (secondary N) is 1.